The molecule has 3 aliphatic rings. The Bertz CT molecular complexity index is 2060. The van der Waals surface area contributed by atoms with Gasteiger partial charge in [0.25, 0.3) is 28.6 Å². The number of aromatic nitrogens is 3. The van der Waals surface area contributed by atoms with E-state index in [1.165, 1.54) is 35.0 Å². The van der Waals surface area contributed by atoms with Gasteiger partial charge in [0, 0.05) is 24.7 Å². The number of imidazole rings is 1. The molecule has 0 radical (unpaired) electrons. The maximum absolute atomic E-state index is 14.5. The molecule has 2 bridgehead atoms. The number of hydrogen-bond acceptors (Lipinski definition) is 10. The molecule has 1 atom stereocenters. The maximum atomic E-state index is 14.5. The number of aliphatic carboxylic acids is 1. The van der Waals surface area contributed by atoms with Crippen molar-refractivity contribution in [2.75, 3.05) is 11.1 Å². The number of rotatable bonds is 11. The normalized spacial score (nSPS) is 20.8. The van der Waals surface area contributed by atoms with Gasteiger partial charge in [-0.2, -0.15) is 0 Å². The highest BCUT2D eigenvalue weighted by atomic mass is 19.1. The largest absolute Gasteiger partial charge is 0.481 e. The minimum absolute atomic E-state index is 0.0207. The van der Waals surface area contributed by atoms with E-state index in [9.17, 15) is 38.3 Å². The minimum atomic E-state index is -0.912. The number of nitrogens with zero attached hydrogens (tertiary/aromatic N) is 3. The number of carbonyl (C=O) groups is 4. The molecule has 2 aromatic heterocycles. The number of fused-ring (bicyclic) bond motifs is 4. The van der Waals surface area contributed by atoms with E-state index in [-0.39, 0.29) is 64.2 Å². The molecule has 2 aromatic carbocycles. The summed E-state index contributed by atoms with van der Waals surface area (Å²) < 4.78 is 15.8. The molecule has 8 N–H and O–H groups in total. The fourth-order valence-electron chi connectivity index (χ4n) is 6.96. The first kappa shape index (κ1) is 32.3. The van der Waals surface area contributed by atoms with Crippen LogP contribution in [0.3, 0.4) is 0 Å². The van der Waals surface area contributed by atoms with Crippen molar-refractivity contribution in [1.82, 2.24) is 25.0 Å². The topological polar surface area (TPSA) is 241 Å². The van der Waals surface area contributed by atoms with Crippen molar-refractivity contribution in [2.24, 2.45) is 16.6 Å². The quantitative estimate of drug-likeness (QED) is 0.125. The fraction of sp³-hybridized carbons (Fsp3) is 0.375. The Kier molecular flexibility index (Phi) is 7.97. The predicted molar refractivity (Wildman–Crippen MR) is 169 cm³/mol. The van der Waals surface area contributed by atoms with E-state index in [1.54, 1.807) is 0 Å². The Morgan fingerprint density at radius 3 is 2.33 bits per heavy atom. The lowest BCUT2D eigenvalue weighted by Gasteiger charge is -2.54. The molecular weight excluding hydrogens is 627 g/mol. The number of nitrogens with one attached hydrogen (secondary N) is 3. The Hall–Kier alpha value is -5.67. The summed E-state index contributed by atoms with van der Waals surface area (Å²) in [6.07, 6.45) is 4.79. The lowest BCUT2D eigenvalue weighted by Crippen LogP contribution is -2.54. The van der Waals surface area contributed by atoms with Crippen molar-refractivity contribution < 1.29 is 28.7 Å². The van der Waals surface area contributed by atoms with Crippen molar-refractivity contribution >= 4 is 40.7 Å². The summed E-state index contributed by atoms with van der Waals surface area (Å²) >= 11 is 0. The maximum Gasteiger partial charge on any atom is 0.309 e. The molecule has 3 amide bonds. The van der Waals surface area contributed by atoms with E-state index in [1.807, 2.05) is 6.92 Å². The van der Waals surface area contributed by atoms with Gasteiger partial charge >= 0.3 is 5.97 Å². The molecule has 7 rings (SSSR count). The van der Waals surface area contributed by atoms with Crippen molar-refractivity contribution in [1.29, 1.82) is 0 Å². The van der Waals surface area contributed by atoms with Crippen molar-refractivity contribution in [3.8, 4) is 0 Å². The van der Waals surface area contributed by atoms with E-state index < -0.39 is 45.8 Å². The molecule has 4 aromatic rings. The van der Waals surface area contributed by atoms with E-state index in [0.717, 1.165) is 0 Å². The third-order valence-electron chi connectivity index (χ3n) is 10.2. The number of amides is 3. The molecule has 0 spiro atoms. The molecule has 16 heteroatoms. The van der Waals surface area contributed by atoms with Crippen molar-refractivity contribution in [2.45, 2.75) is 64.6 Å². The predicted octanol–water partition coefficient (Wildman–Crippen LogP) is 1.23. The van der Waals surface area contributed by atoms with Crippen molar-refractivity contribution in [3.05, 3.63) is 85.1 Å². The summed E-state index contributed by atoms with van der Waals surface area (Å²) in [5.74, 6) is -3.53. The summed E-state index contributed by atoms with van der Waals surface area (Å²) in [6.45, 7) is 1.66. The van der Waals surface area contributed by atoms with Gasteiger partial charge in [0.15, 0.2) is 11.3 Å². The summed E-state index contributed by atoms with van der Waals surface area (Å²) in [5.41, 5.74) is 8.21. The smallest absolute Gasteiger partial charge is 0.309 e. The molecule has 250 valence electrons. The number of anilines is 2. The standard InChI is InChI=1S/C32H33FN8O7/c1-15(31-4-7-32(8-5-31,9-6-31)30(47)48)39-29(46)20-11-19(40-27-23(26(35)44)38-14-41(20)27)28(45)37-12-16-2-3-18(33)17(10-16)13-36-22-21(34)24(42)25(22)43/h2-3,10-11,14-15,36H,4-9,12-13,34H2,1H3,(H2,35,44)(H,37,45)(H,39,46)(H,47,48). The van der Waals surface area contributed by atoms with Crippen LogP contribution >= 0.6 is 0 Å². The Labute approximate surface area is 271 Å². The molecule has 3 fully saturated rings. The highest BCUT2D eigenvalue weighted by Crippen LogP contribution is 2.58. The van der Waals surface area contributed by atoms with E-state index in [4.69, 9.17) is 11.5 Å². The minimum Gasteiger partial charge on any atom is -0.481 e. The van der Waals surface area contributed by atoms with Crippen LogP contribution in [-0.2, 0) is 17.9 Å². The third-order valence-corrected chi connectivity index (χ3v) is 10.2. The van der Waals surface area contributed by atoms with Gasteiger partial charge in [-0.25, -0.2) is 14.4 Å². The zero-order chi connectivity index (χ0) is 34.5. The Balaban J connectivity index is 1.20. The van der Waals surface area contributed by atoms with Crippen LogP contribution in [0, 0.1) is 16.6 Å². The second-order valence-electron chi connectivity index (χ2n) is 12.7. The van der Waals surface area contributed by atoms with Crippen LogP contribution < -0.4 is 38.3 Å². The number of nitrogens with two attached hydrogens (primary N) is 2. The number of benzene rings is 1. The highest BCUT2D eigenvalue weighted by molar-refractivity contribution is 6.01. The first-order valence-corrected chi connectivity index (χ1v) is 15.4. The molecule has 3 saturated carbocycles. The second kappa shape index (κ2) is 11.8. The molecule has 2 heterocycles. The molecule has 0 aliphatic heterocycles. The van der Waals surface area contributed by atoms with Crippen LogP contribution in [-0.4, -0.2) is 49.2 Å². The van der Waals surface area contributed by atoms with Gasteiger partial charge < -0.3 is 32.5 Å². The summed E-state index contributed by atoms with van der Waals surface area (Å²) in [6, 6.07) is 5.03. The summed E-state index contributed by atoms with van der Waals surface area (Å²) in [4.78, 5) is 82.3. The van der Waals surface area contributed by atoms with Gasteiger partial charge in [0.2, 0.25) is 0 Å². The number of primary amides is 1. The van der Waals surface area contributed by atoms with Crippen LogP contribution in [0.5, 0.6) is 0 Å². The van der Waals surface area contributed by atoms with Crippen LogP contribution in [0.25, 0.3) is 5.65 Å². The van der Waals surface area contributed by atoms with E-state index >= 15 is 0 Å². The molecular formula is C32H33FN8O7. The average molecular weight is 661 g/mol. The lowest BCUT2D eigenvalue weighted by molar-refractivity contribution is -0.159. The number of carboxylic acid groups (broad SMARTS) is 1. The average Bonchev–Trinajstić information content (AvgIpc) is 3.53. The SMILES string of the molecule is CC(NC(=O)c1cc(C(=O)NCc2ccc(F)c(CNc3c(N)c(=O)c3=O)c2)nc2c(C(N)=O)ncn12)C12CCC(C(=O)O)(CC1)CC2. The summed E-state index contributed by atoms with van der Waals surface area (Å²) in [7, 11) is 0. The van der Waals surface area contributed by atoms with Gasteiger partial charge in [-0.05, 0) is 74.6 Å². The van der Waals surface area contributed by atoms with E-state index in [0.29, 0.717) is 44.1 Å². The third kappa shape index (κ3) is 5.42. The van der Waals surface area contributed by atoms with Crippen molar-refractivity contribution in [3.63, 3.8) is 0 Å². The molecule has 48 heavy (non-hydrogen) atoms. The van der Waals surface area contributed by atoms with Gasteiger partial charge in [0.05, 0.1) is 5.41 Å². The van der Waals surface area contributed by atoms with Gasteiger partial charge in [-0.15, -0.1) is 0 Å². The number of nitrogen functional groups attached to an aromatic ring is 1. The Morgan fingerprint density at radius 1 is 1.02 bits per heavy atom. The first-order valence-electron chi connectivity index (χ1n) is 15.4. The number of carbonyl (C=O) groups excluding carboxylic acids is 3. The highest BCUT2D eigenvalue weighted by Gasteiger charge is 2.54. The van der Waals surface area contributed by atoms with Gasteiger partial charge in [0.1, 0.15) is 34.9 Å². The molecule has 15 nitrogen and oxygen atoms in total. The van der Waals surface area contributed by atoms with Crippen LogP contribution in [0.15, 0.2) is 40.2 Å². The Morgan fingerprint density at radius 2 is 1.71 bits per heavy atom. The first-order chi connectivity index (χ1) is 22.7. The fourth-order valence-corrected chi connectivity index (χ4v) is 6.96. The molecule has 1 unspecified atom stereocenters. The zero-order valence-corrected chi connectivity index (χ0v) is 25.9. The van der Waals surface area contributed by atoms with E-state index in [2.05, 4.69) is 25.9 Å². The zero-order valence-electron chi connectivity index (χ0n) is 25.9. The molecule has 0 saturated heterocycles. The monoisotopic (exact) mass is 660 g/mol. The van der Waals surface area contributed by atoms with Gasteiger partial charge in [-0.1, -0.05) is 6.07 Å². The van der Waals surface area contributed by atoms with Gasteiger partial charge in [-0.3, -0.25) is 33.2 Å². The lowest BCUT2D eigenvalue weighted by atomic mass is 9.52. The number of hydrogen-bond donors (Lipinski definition) is 6. The second-order valence-corrected chi connectivity index (χ2v) is 12.7. The number of carboxylic acids is 1. The molecule has 3 aliphatic carbocycles. The number of halogens is 1. The summed E-state index contributed by atoms with van der Waals surface area (Å²) in [5, 5.41) is 18.1. The van der Waals surface area contributed by atoms with Crippen LogP contribution in [0.1, 0.15) is 88.0 Å². The van der Waals surface area contributed by atoms with Crippen LogP contribution in [0.2, 0.25) is 0 Å². The van der Waals surface area contributed by atoms with Crippen LogP contribution in [0.4, 0.5) is 15.8 Å².